The molecule has 0 saturated carbocycles. The molecule has 0 N–H and O–H groups in total. The molecule has 0 aliphatic carbocycles. The molecule has 9 nitrogen and oxygen atoms in total. The van der Waals surface area contributed by atoms with E-state index in [1.807, 2.05) is 25.1 Å². The van der Waals surface area contributed by atoms with Crippen molar-refractivity contribution in [2.24, 2.45) is 0 Å². The molecule has 1 amide bonds. The molecule has 0 radical (unpaired) electrons. The van der Waals surface area contributed by atoms with Crippen LogP contribution in [0.15, 0.2) is 34.7 Å². The highest BCUT2D eigenvalue weighted by molar-refractivity contribution is 7.22. The van der Waals surface area contributed by atoms with E-state index < -0.39 is 10.8 Å². The zero-order chi connectivity index (χ0) is 19.7. The van der Waals surface area contributed by atoms with E-state index in [0.717, 1.165) is 21.1 Å². The third kappa shape index (κ3) is 3.38. The molecule has 4 rings (SSSR count). The van der Waals surface area contributed by atoms with Gasteiger partial charge in [-0.3, -0.25) is 14.9 Å². The number of benzene rings is 1. The molecule has 146 valence electrons. The first-order valence-corrected chi connectivity index (χ1v) is 9.69. The van der Waals surface area contributed by atoms with Crippen LogP contribution >= 0.6 is 11.3 Å². The largest absolute Gasteiger partial charge is 0.492 e. The van der Waals surface area contributed by atoms with Crippen LogP contribution in [0, 0.1) is 10.1 Å². The van der Waals surface area contributed by atoms with E-state index in [1.54, 1.807) is 16.2 Å². The summed E-state index contributed by atoms with van der Waals surface area (Å²) in [6.07, 6.45) is 0. The number of carbonyl (C=O) groups is 1. The minimum Gasteiger partial charge on any atom is -0.492 e. The van der Waals surface area contributed by atoms with Gasteiger partial charge in [0, 0.05) is 26.2 Å². The standard InChI is InChI=1S/C18H18N4O5S/c1-2-26-12-4-3-5-14-16(12)19-18(28-14)21-10-8-20(9-11-21)17(23)13-6-7-15(27-13)22(24)25/h3-7H,2,8-11H2,1H3. The Morgan fingerprint density at radius 3 is 2.75 bits per heavy atom. The first-order chi connectivity index (χ1) is 13.6. The van der Waals surface area contributed by atoms with Crippen molar-refractivity contribution in [2.75, 3.05) is 37.7 Å². The number of furan rings is 1. The summed E-state index contributed by atoms with van der Waals surface area (Å²) in [6, 6.07) is 8.42. The molecule has 0 atom stereocenters. The maximum Gasteiger partial charge on any atom is 0.433 e. The number of hydrogen-bond acceptors (Lipinski definition) is 8. The Balaban J connectivity index is 1.45. The summed E-state index contributed by atoms with van der Waals surface area (Å²) in [7, 11) is 0. The SMILES string of the molecule is CCOc1cccc2sc(N3CCN(C(=O)c4ccc([N+](=O)[O-])o4)CC3)nc12. The van der Waals surface area contributed by atoms with Crippen LogP contribution in [0.3, 0.4) is 0 Å². The second-order valence-electron chi connectivity index (χ2n) is 6.21. The molecule has 1 aliphatic rings. The van der Waals surface area contributed by atoms with Gasteiger partial charge in [0.1, 0.15) is 16.2 Å². The van der Waals surface area contributed by atoms with E-state index in [4.69, 9.17) is 14.1 Å². The molecule has 10 heteroatoms. The summed E-state index contributed by atoms with van der Waals surface area (Å²) in [5.74, 6) is -0.00512. The highest BCUT2D eigenvalue weighted by atomic mass is 32.1. The van der Waals surface area contributed by atoms with Gasteiger partial charge in [-0.25, -0.2) is 4.98 Å². The fourth-order valence-electron chi connectivity index (χ4n) is 3.12. The van der Waals surface area contributed by atoms with Gasteiger partial charge in [-0.15, -0.1) is 0 Å². The van der Waals surface area contributed by atoms with Gasteiger partial charge in [0.15, 0.2) is 10.9 Å². The summed E-state index contributed by atoms with van der Waals surface area (Å²) in [5, 5.41) is 11.6. The van der Waals surface area contributed by atoms with Crippen LogP contribution < -0.4 is 9.64 Å². The molecule has 0 unspecified atom stereocenters. The van der Waals surface area contributed by atoms with Crippen LogP contribution in [0.5, 0.6) is 5.75 Å². The van der Waals surface area contributed by atoms with Crippen LogP contribution in [0.4, 0.5) is 11.0 Å². The molecular formula is C18H18N4O5S. The van der Waals surface area contributed by atoms with Gasteiger partial charge in [-0.1, -0.05) is 17.4 Å². The Morgan fingerprint density at radius 1 is 1.29 bits per heavy atom. The lowest BCUT2D eigenvalue weighted by atomic mass is 10.3. The Labute approximate surface area is 164 Å². The summed E-state index contributed by atoms with van der Waals surface area (Å²) in [5.41, 5.74) is 0.853. The zero-order valence-corrected chi connectivity index (χ0v) is 16.0. The molecular weight excluding hydrogens is 384 g/mol. The molecule has 1 saturated heterocycles. The van der Waals surface area contributed by atoms with Crippen molar-refractivity contribution >= 4 is 38.5 Å². The number of para-hydroxylation sites is 1. The number of thiazole rings is 1. The number of nitro groups is 1. The Bertz CT molecular complexity index is 1020. The van der Waals surface area contributed by atoms with Crippen molar-refractivity contribution in [3.05, 3.63) is 46.2 Å². The van der Waals surface area contributed by atoms with Gasteiger partial charge in [0.05, 0.1) is 17.4 Å². The second kappa shape index (κ2) is 7.47. The number of aromatic nitrogens is 1. The molecule has 28 heavy (non-hydrogen) atoms. The van der Waals surface area contributed by atoms with Gasteiger partial charge in [-0.05, 0) is 25.1 Å². The van der Waals surface area contributed by atoms with E-state index >= 15 is 0 Å². The molecule has 3 heterocycles. The fraction of sp³-hybridized carbons (Fsp3) is 0.333. The van der Waals surface area contributed by atoms with Crippen molar-refractivity contribution < 1.29 is 18.9 Å². The number of anilines is 1. The lowest BCUT2D eigenvalue weighted by Crippen LogP contribution is -2.48. The number of amides is 1. The van der Waals surface area contributed by atoms with Gasteiger partial charge in [0.25, 0.3) is 5.91 Å². The van der Waals surface area contributed by atoms with Gasteiger partial charge < -0.3 is 19.0 Å². The highest BCUT2D eigenvalue weighted by Gasteiger charge is 2.27. The average molecular weight is 402 g/mol. The summed E-state index contributed by atoms with van der Waals surface area (Å²) >= 11 is 1.59. The molecule has 1 fully saturated rings. The monoisotopic (exact) mass is 402 g/mol. The summed E-state index contributed by atoms with van der Waals surface area (Å²) in [4.78, 5) is 31.1. The summed E-state index contributed by atoms with van der Waals surface area (Å²) in [6.45, 7) is 4.74. The third-order valence-electron chi connectivity index (χ3n) is 4.49. The minimum atomic E-state index is -0.654. The number of ether oxygens (including phenoxy) is 1. The number of piperazine rings is 1. The first kappa shape index (κ1) is 18.2. The van der Waals surface area contributed by atoms with Gasteiger partial charge in [-0.2, -0.15) is 0 Å². The van der Waals surface area contributed by atoms with E-state index in [0.29, 0.717) is 32.8 Å². The van der Waals surface area contributed by atoms with E-state index in [-0.39, 0.29) is 11.7 Å². The molecule has 1 aromatic carbocycles. The predicted molar refractivity (Wildman–Crippen MR) is 104 cm³/mol. The minimum absolute atomic E-state index is 0.0125. The molecule has 1 aliphatic heterocycles. The van der Waals surface area contributed by atoms with Crippen LogP contribution in [0.25, 0.3) is 10.2 Å². The maximum absolute atomic E-state index is 12.5. The number of carbonyl (C=O) groups excluding carboxylic acids is 1. The van der Waals surface area contributed by atoms with Gasteiger partial charge in [0.2, 0.25) is 0 Å². The van der Waals surface area contributed by atoms with Gasteiger partial charge >= 0.3 is 5.88 Å². The van der Waals surface area contributed by atoms with Crippen LogP contribution in [-0.2, 0) is 0 Å². The fourth-order valence-corrected chi connectivity index (χ4v) is 4.15. The zero-order valence-electron chi connectivity index (χ0n) is 15.2. The topological polar surface area (TPSA) is 102 Å². The third-order valence-corrected chi connectivity index (χ3v) is 5.57. The van der Waals surface area contributed by atoms with Crippen molar-refractivity contribution in [1.82, 2.24) is 9.88 Å². The second-order valence-corrected chi connectivity index (χ2v) is 7.22. The lowest BCUT2D eigenvalue weighted by Gasteiger charge is -2.34. The summed E-state index contributed by atoms with van der Waals surface area (Å²) < 4.78 is 11.7. The van der Waals surface area contributed by atoms with E-state index in [9.17, 15) is 14.9 Å². The number of nitrogens with zero attached hydrogens (tertiary/aromatic N) is 4. The average Bonchev–Trinajstić information content (AvgIpc) is 3.36. The van der Waals surface area contributed by atoms with Crippen molar-refractivity contribution in [3.8, 4) is 5.75 Å². The van der Waals surface area contributed by atoms with Crippen molar-refractivity contribution in [1.29, 1.82) is 0 Å². The Hall–Kier alpha value is -3.14. The normalized spacial score (nSPS) is 14.5. The first-order valence-electron chi connectivity index (χ1n) is 8.87. The Kier molecular flexibility index (Phi) is 4.86. The van der Waals surface area contributed by atoms with Crippen LogP contribution in [-0.4, -0.2) is 53.5 Å². The molecule has 0 spiro atoms. The Morgan fingerprint density at radius 2 is 2.07 bits per heavy atom. The number of rotatable bonds is 5. The molecule has 3 aromatic rings. The quantitative estimate of drug-likeness (QED) is 0.477. The number of fused-ring (bicyclic) bond motifs is 1. The molecule has 2 aromatic heterocycles. The van der Waals surface area contributed by atoms with Crippen molar-refractivity contribution in [2.45, 2.75) is 6.92 Å². The lowest BCUT2D eigenvalue weighted by molar-refractivity contribution is -0.402. The van der Waals surface area contributed by atoms with Crippen molar-refractivity contribution in [3.63, 3.8) is 0 Å². The van der Waals surface area contributed by atoms with E-state index in [2.05, 4.69) is 4.90 Å². The smallest absolute Gasteiger partial charge is 0.433 e. The highest BCUT2D eigenvalue weighted by Crippen LogP contribution is 2.34. The molecule has 0 bridgehead atoms. The van der Waals surface area contributed by atoms with Crippen LogP contribution in [0.2, 0.25) is 0 Å². The number of hydrogen-bond donors (Lipinski definition) is 0. The van der Waals surface area contributed by atoms with E-state index in [1.165, 1.54) is 12.1 Å². The van der Waals surface area contributed by atoms with Crippen LogP contribution in [0.1, 0.15) is 17.5 Å². The maximum atomic E-state index is 12.5. The predicted octanol–water partition coefficient (Wildman–Crippen LogP) is 3.16.